The average molecular weight is 282 g/mol. The van der Waals surface area contributed by atoms with Crippen LogP contribution in [0.3, 0.4) is 0 Å². The van der Waals surface area contributed by atoms with Crippen molar-refractivity contribution in [1.29, 1.82) is 5.26 Å². The van der Waals surface area contributed by atoms with E-state index in [0.29, 0.717) is 17.0 Å². The molecule has 2 rings (SSSR count). The van der Waals surface area contributed by atoms with Gasteiger partial charge in [0.25, 0.3) is 5.91 Å². The molecule has 0 heterocycles. The number of nitriles is 1. The molecule has 0 aliphatic rings. The third-order valence-corrected chi connectivity index (χ3v) is 2.80. The molecule has 0 saturated heterocycles. The molecule has 0 aliphatic carbocycles. The Hall–Kier alpha value is -2.84. The number of para-hydroxylation sites is 1. The second-order valence-corrected chi connectivity index (χ2v) is 4.30. The van der Waals surface area contributed by atoms with E-state index >= 15 is 0 Å². The van der Waals surface area contributed by atoms with Crippen molar-refractivity contribution in [2.75, 3.05) is 11.9 Å². The number of rotatable bonds is 5. The average Bonchev–Trinajstić information content (AvgIpc) is 2.54. The molecule has 0 aromatic heterocycles. The predicted octanol–water partition coefficient (Wildman–Crippen LogP) is 2.07. The van der Waals surface area contributed by atoms with Crippen molar-refractivity contribution in [3.63, 3.8) is 0 Å². The maximum Gasteiger partial charge on any atom is 0.262 e. The van der Waals surface area contributed by atoms with Gasteiger partial charge in [-0.25, -0.2) is 0 Å². The summed E-state index contributed by atoms with van der Waals surface area (Å²) in [7, 11) is 0. The van der Waals surface area contributed by atoms with Crippen LogP contribution in [-0.4, -0.2) is 17.6 Å². The first-order valence-corrected chi connectivity index (χ1v) is 6.34. The molecule has 2 aromatic carbocycles. The molecule has 2 N–H and O–H groups in total. The predicted molar refractivity (Wildman–Crippen MR) is 77.6 cm³/mol. The molecule has 0 unspecified atom stereocenters. The molecule has 0 atom stereocenters. The van der Waals surface area contributed by atoms with E-state index in [2.05, 4.69) is 5.32 Å². The van der Waals surface area contributed by atoms with Gasteiger partial charge in [0, 0.05) is 0 Å². The van der Waals surface area contributed by atoms with Gasteiger partial charge in [0.2, 0.25) is 0 Å². The van der Waals surface area contributed by atoms with Gasteiger partial charge in [0.15, 0.2) is 6.61 Å². The highest BCUT2D eigenvalue weighted by molar-refractivity contribution is 5.93. The molecule has 0 spiro atoms. The van der Waals surface area contributed by atoms with E-state index < -0.39 is 0 Å². The van der Waals surface area contributed by atoms with Crippen LogP contribution < -0.4 is 10.1 Å². The van der Waals surface area contributed by atoms with Gasteiger partial charge in [-0.2, -0.15) is 5.26 Å². The lowest BCUT2D eigenvalue weighted by atomic mass is 10.2. The SMILES string of the molecule is N#Cc1ccccc1NC(=O)COc1ccc(CO)cc1. The summed E-state index contributed by atoms with van der Waals surface area (Å²) in [5, 5.41) is 20.5. The Bertz CT molecular complexity index is 660. The summed E-state index contributed by atoms with van der Waals surface area (Å²) >= 11 is 0. The van der Waals surface area contributed by atoms with Crippen molar-refractivity contribution >= 4 is 11.6 Å². The highest BCUT2D eigenvalue weighted by atomic mass is 16.5. The number of carbonyl (C=O) groups is 1. The molecule has 0 bridgehead atoms. The second-order valence-electron chi connectivity index (χ2n) is 4.30. The summed E-state index contributed by atoms with van der Waals surface area (Å²) in [6.07, 6.45) is 0. The van der Waals surface area contributed by atoms with Crippen LogP contribution in [0.15, 0.2) is 48.5 Å². The maximum absolute atomic E-state index is 11.8. The zero-order chi connectivity index (χ0) is 15.1. The van der Waals surface area contributed by atoms with Crippen LogP contribution in [0.25, 0.3) is 0 Å². The van der Waals surface area contributed by atoms with Gasteiger partial charge < -0.3 is 15.2 Å². The number of amides is 1. The van der Waals surface area contributed by atoms with Gasteiger partial charge in [-0.05, 0) is 29.8 Å². The Kier molecular flexibility index (Phi) is 4.91. The summed E-state index contributed by atoms with van der Waals surface area (Å²) in [5.74, 6) is 0.194. The van der Waals surface area contributed by atoms with Gasteiger partial charge in [0.1, 0.15) is 11.8 Å². The van der Waals surface area contributed by atoms with Gasteiger partial charge >= 0.3 is 0 Å². The van der Waals surface area contributed by atoms with Crippen LogP contribution in [0, 0.1) is 11.3 Å². The largest absolute Gasteiger partial charge is 0.484 e. The standard InChI is InChI=1S/C16H14N2O3/c17-9-13-3-1-2-4-15(13)18-16(20)11-21-14-7-5-12(10-19)6-8-14/h1-8,19H,10-11H2,(H,18,20). The Labute approximate surface area is 122 Å². The third kappa shape index (κ3) is 4.06. The van der Waals surface area contributed by atoms with Crippen LogP contribution in [0.4, 0.5) is 5.69 Å². The van der Waals surface area contributed by atoms with Crippen LogP contribution in [-0.2, 0) is 11.4 Å². The summed E-state index contributed by atoms with van der Waals surface area (Å²) in [5.41, 5.74) is 1.64. The monoisotopic (exact) mass is 282 g/mol. The molecule has 0 fully saturated rings. The Morgan fingerprint density at radius 1 is 1.19 bits per heavy atom. The van der Waals surface area contributed by atoms with Crippen LogP contribution in [0.2, 0.25) is 0 Å². The van der Waals surface area contributed by atoms with Crippen molar-refractivity contribution in [2.24, 2.45) is 0 Å². The number of nitrogens with one attached hydrogen (secondary N) is 1. The fraction of sp³-hybridized carbons (Fsp3) is 0.125. The highest BCUT2D eigenvalue weighted by Crippen LogP contribution is 2.14. The number of hydrogen-bond acceptors (Lipinski definition) is 4. The molecule has 1 amide bonds. The molecule has 106 valence electrons. The lowest BCUT2D eigenvalue weighted by Gasteiger charge is -2.08. The number of hydrogen-bond donors (Lipinski definition) is 2. The van der Waals surface area contributed by atoms with E-state index in [1.807, 2.05) is 6.07 Å². The fourth-order valence-corrected chi connectivity index (χ4v) is 1.72. The molecule has 5 heteroatoms. The fourth-order valence-electron chi connectivity index (χ4n) is 1.72. The minimum absolute atomic E-state index is 0.0360. The van der Waals surface area contributed by atoms with Gasteiger partial charge in [-0.3, -0.25) is 4.79 Å². The second kappa shape index (κ2) is 7.08. The molecule has 0 radical (unpaired) electrons. The zero-order valence-corrected chi connectivity index (χ0v) is 11.2. The molecular formula is C16H14N2O3. The first-order chi connectivity index (χ1) is 10.2. The quantitative estimate of drug-likeness (QED) is 0.879. The van der Waals surface area contributed by atoms with E-state index in [1.165, 1.54) is 0 Å². The number of aliphatic hydroxyl groups is 1. The molecule has 0 aliphatic heterocycles. The molecule has 5 nitrogen and oxygen atoms in total. The van der Waals surface area contributed by atoms with Crippen LogP contribution in [0.1, 0.15) is 11.1 Å². The minimum Gasteiger partial charge on any atom is -0.484 e. The van der Waals surface area contributed by atoms with Gasteiger partial charge in [-0.1, -0.05) is 24.3 Å². The minimum atomic E-state index is -0.344. The summed E-state index contributed by atoms with van der Waals surface area (Å²) in [6.45, 7) is -0.191. The smallest absolute Gasteiger partial charge is 0.262 e. The van der Waals surface area contributed by atoms with Gasteiger partial charge in [0.05, 0.1) is 17.9 Å². The van der Waals surface area contributed by atoms with Gasteiger partial charge in [-0.15, -0.1) is 0 Å². The summed E-state index contributed by atoms with van der Waals surface area (Å²) in [4.78, 5) is 11.8. The van der Waals surface area contributed by atoms with Crippen LogP contribution >= 0.6 is 0 Å². The van der Waals surface area contributed by atoms with E-state index in [-0.39, 0.29) is 19.1 Å². The van der Waals surface area contributed by atoms with Crippen molar-refractivity contribution in [3.8, 4) is 11.8 Å². The number of anilines is 1. The number of nitrogens with zero attached hydrogens (tertiary/aromatic N) is 1. The molecule has 0 saturated carbocycles. The Morgan fingerprint density at radius 3 is 2.57 bits per heavy atom. The van der Waals surface area contributed by atoms with E-state index in [9.17, 15) is 4.79 Å². The third-order valence-electron chi connectivity index (χ3n) is 2.80. The first-order valence-electron chi connectivity index (χ1n) is 6.34. The summed E-state index contributed by atoms with van der Waals surface area (Å²) < 4.78 is 5.34. The lowest BCUT2D eigenvalue weighted by molar-refractivity contribution is -0.118. The van der Waals surface area contributed by atoms with Crippen molar-refractivity contribution < 1.29 is 14.6 Å². The maximum atomic E-state index is 11.8. The van der Waals surface area contributed by atoms with Crippen molar-refractivity contribution in [3.05, 3.63) is 59.7 Å². The Morgan fingerprint density at radius 2 is 1.90 bits per heavy atom. The number of ether oxygens (including phenoxy) is 1. The number of benzene rings is 2. The molecule has 2 aromatic rings. The Balaban J connectivity index is 1.91. The van der Waals surface area contributed by atoms with Crippen LogP contribution in [0.5, 0.6) is 5.75 Å². The zero-order valence-electron chi connectivity index (χ0n) is 11.2. The van der Waals surface area contributed by atoms with Crippen molar-refractivity contribution in [1.82, 2.24) is 0 Å². The molecular weight excluding hydrogens is 268 g/mol. The lowest BCUT2D eigenvalue weighted by Crippen LogP contribution is -2.20. The topological polar surface area (TPSA) is 82.4 Å². The van der Waals surface area contributed by atoms with E-state index in [0.717, 1.165) is 5.56 Å². The normalized spacial score (nSPS) is 9.71. The van der Waals surface area contributed by atoms with E-state index in [1.54, 1.807) is 48.5 Å². The number of carbonyl (C=O) groups excluding carboxylic acids is 1. The molecule has 21 heavy (non-hydrogen) atoms. The first kappa shape index (κ1) is 14.6. The van der Waals surface area contributed by atoms with E-state index in [4.69, 9.17) is 15.1 Å². The summed E-state index contributed by atoms with van der Waals surface area (Å²) in [6, 6.07) is 15.6. The number of aliphatic hydroxyl groups excluding tert-OH is 1. The highest BCUT2D eigenvalue weighted by Gasteiger charge is 2.07. The van der Waals surface area contributed by atoms with Crippen molar-refractivity contribution in [2.45, 2.75) is 6.61 Å².